The molecule has 6 N–H and O–H groups in total. The second kappa shape index (κ2) is 3.58. The third-order valence-corrected chi connectivity index (χ3v) is 1.17. The molecule has 0 saturated heterocycles. The van der Waals surface area contributed by atoms with Gasteiger partial charge in [0.1, 0.15) is 0 Å². The average Bonchev–Trinajstić information content (AvgIpc) is 1.88. The van der Waals surface area contributed by atoms with Gasteiger partial charge in [-0.15, -0.1) is 0 Å². The highest BCUT2D eigenvalue weighted by Crippen LogP contribution is 2.04. The lowest BCUT2D eigenvalue weighted by atomic mass is 10.2. The summed E-state index contributed by atoms with van der Waals surface area (Å²) in [4.78, 5) is 10.5. The van der Waals surface area contributed by atoms with Crippen molar-refractivity contribution in [3.8, 4) is 0 Å². The van der Waals surface area contributed by atoms with Gasteiger partial charge in [-0.05, 0) is 18.2 Å². The van der Waals surface area contributed by atoms with Crippen LogP contribution >= 0.6 is 0 Å². The predicted molar refractivity (Wildman–Crippen MR) is 43.0 cm³/mol. The van der Waals surface area contributed by atoms with Crippen LogP contribution in [-0.2, 0) is 0 Å². The molecular weight excluding hydrogens is 144 g/mol. The number of primary amides is 1. The summed E-state index contributed by atoms with van der Waals surface area (Å²) >= 11 is 0. The molecule has 1 aromatic carbocycles. The molecule has 0 fully saturated rings. The first-order chi connectivity index (χ1) is 4.70. The van der Waals surface area contributed by atoms with Gasteiger partial charge < -0.3 is 16.9 Å². The molecule has 1 aromatic rings. The van der Waals surface area contributed by atoms with E-state index >= 15 is 0 Å². The van der Waals surface area contributed by atoms with Crippen LogP contribution in [0, 0.1) is 0 Å². The molecule has 60 valence electrons. The van der Waals surface area contributed by atoms with E-state index in [0.29, 0.717) is 11.3 Å². The lowest BCUT2D eigenvalue weighted by molar-refractivity contribution is 0.100. The number of anilines is 1. The van der Waals surface area contributed by atoms with Crippen LogP contribution in [0.4, 0.5) is 5.69 Å². The molecule has 0 spiro atoms. The van der Waals surface area contributed by atoms with E-state index in [4.69, 9.17) is 11.5 Å². The van der Waals surface area contributed by atoms with Gasteiger partial charge in [0.2, 0.25) is 5.91 Å². The van der Waals surface area contributed by atoms with Gasteiger partial charge in [-0.3, -0.25) is 4.79 Å². The van der Waals surface area contributed by atoms with Crippen molar-refractivity contribution in [2.24, 2.45) is 5.73 Å². The number of nitrogens with two attached hydrogens (primary N) is 2. The predicted octanol–water partition coefficient (Wildman–Crippen LogP) is -0.457. The van der Waals surface area contributed by atoms with Crippen LogP contribution in [-0.4, -0.2) is 11.4 Å². The second-order valence-corrected chi connectivity index (χ2v) is 1.99. The molecule has 0 heterocycles. The Morgan fingerprint density at radius 2 is 2.00 bits per heavy atom. The summed E-state index contributed by atoms with van der Waals surface area (Å²) in [5, 5.41) is 0. The standard InChI is InChI=1S/C7H8N2O.H2O/c8-6-3-1-2-5(4-6)7(9)10;/h1-4H,8H2,(H2,9,10);1H2. The van der Waals surface area contributed by atoms with Gasteiger partial charge >= 0.3 is 0 Å². The van der Waals surface area contributed by atoms with Crippen molar-refractivity contribution in [3.63, 3.8) is 0 Å². The maximum absolute atomic E-state index is 10.5. The van der Waals surface area contributed by atoms with E-state index in [9.17, 15) is 4.79 Å². The first-order valence-electron chi connectivity index (χ1n) is 2.85. The van der Waals surface area contributed by atoms with Gasteiger partial charge in [0.05, 0.1) is 0 Å². The van der Waals surface area contributed by atoms with Crippen LogP contribution in [0.3, 0.4) is 0 Å². The lowest BCUT2D eigenvalue weighted by Gasteiger charge is -1.94. The van der Waals surface area contributed by atoms with Gasteiger partial charge in [-0.1, -0.05) is 6.07 Å². The molecule has 1 rings (SSSR count). The van der Waals surface area contributed by atoms with E-state index in [1.807, 2.05) is 0 Å². The Hall–Kier alpha value is -1.55. The highest BCUT2D eigenvalue weighted by molar-refractivity contribution is 5.93. The second-order valence-electron chi connectivity index (χ2n) is 1.99. The van der Waals surface area contributed by atoms with Gasteiger partial charge in [-0.2, -0.15) is 0 Å². The molecule has 0 aliphatic carbocycles. The summed E-state index contributed by atoms with van der Waals surface area (Å²) in [6.07, 6.45) is 0. The molecule has 0 unspecified atom stereocenters. The molecule has 4 nitrogen and oxygen atoms in total. The molecule has 11 heavy (non-hydrogen) atoms. The fourth-order valence-corrected chi connectivity index (χ4v) is 0.692. The molecule has 0 aromatic heterocycles. The summed E-state index contributed by atoms with van der Waals surface area (Å²) in [5.74, 6) is -0.452. The monoisotopic (exact) mass is 154 g/mol. The number of hydrogen-bond acceptors (Lipinski definition) is 2. The molecule has 4 heteroatoms. The minimum atomic E-state index is -0.452. The third-order valence-electron chi connectivity index (χ3n) is 1.17. The Morgan fingerprint density at radius 3 is 2.36 bits per heavy atom. The smallest absolute Gasteiger partial charge is 0.248 e. The molecule has 0 aliphatic heterocycles. The Labute approximate surface area is 64.1 Å². The van der Waals surface area contributed by atoms with Crippen molar-refractivity contribution < 1.29 is 10.3 Å². The zero-order valence-corrected chi connectivity index (χ0v) is 5.87. The van der Waals surface area contributed by atoms with Crippen LogP contribution in [0.5, 0.6) is 0 Å². The first-order valence-corrected chi connectivity index (χ1v) is 2.85. The Balaban J connectivity index is 0.000001000. The minimum absolute atomic E-state index is 0. The maximum Gasteiger partial charge on any atom is 0.248 e. The zero-order chi connectivity index (χ0) is 7.56. The molecule has 0 saturated carbocycles. The third kappa shape index (κ3) is 2.27. The number of nitrogen functional groups attached to an aromatic ring is 1. The number of amides is 1. The number of rotatable bonds is 1. The Kier molecular flexibility index (Phi) is 3.07. The largest absolute Gasteiger partial charge is 0.412 e. The van der Waals surface area contributed by atoms with E-state index in [1.54, 1.807) is 24.3 Å². The molecule has 0 radical (unpaired) electrons. The molecule has 1 amide bonds. The van der Waals surface area contributed by atoms with Crippen molar-refractivity contribution in [2.75, 3.05) is 5.73 Å². The summed E-state index contributed by atoms with van der Waals surface area (Å²) in [6, 6.07) is 6.56. The van der Waals surface area contributed by atoms with Crippen molar-refractivity contribution in [2.45, 2.75) is 0 Å². The fraction of sp³-hybridized carbons (Fsp3) is 0. The quantitative estimate of drug-likeness (QED) is 0.535. The number of hydrogen-bond donors (Lipinski definition) is 2. The van der Waals surface area contributed by atoms with Crippen LogP contribution in [0.25, 0.3) is 0 Å². The SMILES string of the molecule is NC(=O)c1cccc(N)c1.O. The van der Waals surface area contributed by atoms with E-state index in [0.717, 1.165) is 0 Å². The normalized spacial score (nSPS) is 8.36. The van der Waals surface area contributed by atoms with E-state index < -0.39 is 5.91 Å². The van der Waals surface area contributed by atoms with Crippen LogP contribution < -0.4 is 11.5 Å². The maximum atomic E-state index is 10.5. The van der Waals surface area contributed by atoms with E-state index in [1.165, 1.54) is 0 Å². The van der Waals surface area contributed by atoms with E-state index in [-0.39, 0.29) is 5.48 Å². The van der Waals surface area contributed by atoms with Gasteiger partial charge in [0, 0.05) is 11.3 Å². The minimum Gasteiger partial charge on any atom is -0.412 e. The fourth-order valence-electron chi connectivity index (χ4n) is 0.692. The van der Waals surface area contributed by atoms with Crippen molar-refractivity contribution >= 4 is 11.6 Å². The highest BCUT2D eigenvalue weighted by Gasteiger charge is 1.97. The first kappa shape index (κ1) is 9.45. The van der Waals surface area contributed by atoms with Gasteiger partial charge in [0.25, 0.3) is 0 Å². The topological polar surface area (TPSA) is 101 Å². The Bertz CT molecular complexity index is 260. The highest BCUT2D eigenvalue weighted by atomic mass is 16.1. The van der Waals surface area contributed by atoms with Gasteiger partial charge in [-0.25, -0.2) is 0 Å². The van der Waals surface area contributed by atoms with Crippen molar-refractivity contribution in [3.05, 3.63) is 29.8 Å². The van der Waals surface area contributed by atoms with Gasteiger partial charge in [0.15, 0.2) is 0 Å². The molecule has 0 atom stereocenters. The lowest BCUT2D eigenvalue weighted by Crippen LogP contribution is -2.10. The number of carbonyl (C=O) groups excluding carboxylic acids is 1. The van der Waals surface area contributed by atoms with E-state index in [2.05, 4.69) is 0 Å². The van der Waals surface area contributed by atoms with Crippen molar-refractivity contribution in [1.29, 1.82) is 0 Å². The summed E-state index contributed by atoms with van der Waals surface area (Å²) in [6.45, 7) is 0. The summed E-state index contributed by atoms with van der Waals surface area (Å²) in [7, 11) is 0. The van der Waals surface area contributed by atoms with Crippen LogP contribution in [0.1, 0.15) is 10.4 Å². The van der Waals surface area contributed by atoms with Crippen molar-refractivity contribution in [1.82, 2.24) is 0 Å². The summed E-state index contributed by atoms with van der Waals surface area (Å²) in [5.41, 5.74) is 11.4. The molecule has 0 aliphatic rings. The average molecular weight is 154 g/mol. The number of benzene rings is 1. The summed E-state index contributed by atoms with van der Waals surface area (Å²) < 4.78 is 0. The zero-order valence-electron chi connectivity index (χ0n) is 5.87. The van der Waals surface area contributed by atoms with Crippen LogP contribution in [0.2, 0.25) is 0 Å². The Morgan fingerprint density at radius 1 is 1.36 bits per heavy atom. The number of carbonyl (C=O) groups is 1. The molecule has 0 bridgehead atoms. The molecular formula is C7H10N2O2. The van der Waals surface area contributed by atoms with Crippen LogP contribution in [0.15, 0.2) is 24.3 Å².